The van der Waals surface area contributed by atoms with Crippen molar-refractivity contribution in [3.63, 3.8) is 0 Å². The lowest BCUT2D eigenvalue weighted by atomic mass is 10.1. The van der Waals surface area contributed by atoms with Crippen LogP contribution in [0.1, 0.15) is 11.6 Å². The highest BCUT2D eigenvalue weighted by Crippen LogP contribution is 2.13. The van der Waals surface area contributed by atoms with Crippen molar-refractivity contribution < 1.29 is 4.90 Å². The molecule has 1 aromatic heterocycles. The minimum atomic E-state index is 0.277. The zero-order chi connectivity index (χ0) is 15.9. The first kappa shape index (κ1) is 16.7. The number of benzene rings is 1. The lowest BCUT2D eigenvalue weighted by Crippen LogP contribution is -3.07. The predicted molar refractivity (Wildman–Crippen MR) is 95.5 cm³/mol. The van der Waals surface area contributed by atoms with Gasteiger partial charge in [-0.3, -0.25) is 4.98 Å². The Balaban J connectivity index is 1.92. The third-order valence-electron chi connectivity index (χ3n) is 3.35. The SMILES string of the molecule is C[NH+](C)C(CNC(=S)Nc1ccc(Cl)cc1)c1cccnc1. The zero-order valence-electron chi connectivity index (χ0n) is 12.6. The van der Waals surface area contributed by atoms with Crippen LogP contribution >= 0.6 is 23.8 Å². The molecule has 0 aliphatic carbocycles. The maximum atomic E-state index is 5.87. The van der Waals surface area contributed by atoms with Gasteiger partial charge in [0.05, 0.1) is 20.6 Å². The number of pyridine rings is 1. The molecule has 0 spiro atoms. The molecule has 1 aromatic carbocycles. The van der Waals surface area contributed by atoms with Crippen molar-refractivity contribution in [2.45, 2.75) is 6.04 Å². The van der Waals surface area contributed by atoms with Gasteiger partial charge in [0.15, 0.2) is 5.11 Å². The number of nitrogens with one attached hydrogen (secondary N) is 3. The van der Waals surface area contributed by atoms with Crippen molar-refractivity contribution in [2.24, 2.45) is 0 Å². The fourth-order valence-electron chi connectivity index (χ4n) is 2.14. The second-order valence-corrected chi connectivity index (χ2v) is 6.10. The van der Waals surface area contributed by atoms with Crippen LogP contribution in [-0.4, -0.2) is 30.7 Å². The summed E-state index contributed by atoms with van der Waals surface area (Å²) in [6.07, 6.45) is 3.68. The van der Waals surface area contributed by atoms with Crippen LogP contribution in [0.5, 0.6) is 0 Å². The topological polar surface area (TPSA) is 41.4 Å². The van der Waals surface area contributed by atoms with Crippen molar-refractivity contribution in [3.8, 4) is 0 Å². The average molecular weight is 336 g/mol. The molecule has 0 amide bonds. The fourth-order valence-corrected chi connectivity index (χ4v) is 2.47. The summed E-state index contributed by atoms with van der Waals surface area (Å²) in [6, 6.07) is 11.8. The van der Waals surface area contributed by atoms with Gasteiger partial charge in [0, 0.05) is 28.7 Å². The summed E-state index contributed by atoms with van der Waals surface area (Å²) >= 11 is 11.2. The predicted octanol–water partition coefficient (Wildman–Crippen LogP) is 1.91. The molecule has 0 radical (unpaired) electrons. The summed E-state index contributed by atoms with van der Waals surface area (Å²) in [6.45, 7) is 0.730. The molecule has 4 nitrogen and oxygen atoms in total. The fraction of sp³-hybridized carbons (Fsp3) is 0.250. The largest absolute Gasteiger partial charge is 0.356 e. The first-order chi connectivity index (χ1) is 10.6. The number of hydrogen-bond donors (Lipinski definition) is 3. The number of likely N-dealkylation sites (N-methyl/N-ethyl adjacent to an activating group) is 1. The Kier molecular flexibility index (Phi) is 6.12. The number of halogens is 1. The third-order valence-corrected chi connectivity index (χ3v) is 3.85. The van der Waals surface area contributed by atoms with E-state index in [4.69, 9.17) is 23.8 Å². The number of hydrogen-bond acceptors (Lipinski definition) is 2. The normalized spacial score (nSPS) is 12.0. The van der Waals surface area contributed by atoms with E-state index < -0.39 is 0 Å². The average Bonchev–Trinajstić information content (AvgIpc) is 2.50. The molecular formula is C16H20ClN4S+. The molecule has 1 atom stereocenters. The van der Waals surface area contributed by atoms with Crippen molar-refractivity contribution in [1.82, 2.24) is 10.3 Å². The van der Waals surface area contributed by atoms with Gasteiger partial charge in [-0.05, 0) is 48.6 Å². The van der Waals surface area contributed by atoms with Gasteiger partial charge in [0.25, 0.3) is 0 Å². The van der Waals surface area contributed by atoms with Crippen LogP contribution in [0.4, 0.5) is 5.69 Å². The summed E-state index contributed by atoms with van der Waals surface area (Å²) in [5.41, 5.74) is 2.10. The van der Waals surface area contributed by atoms with E-state index >= 15 is 0 Å². The van der Waals surface area contributed by atoms with E-state index in [-0.39, 0.29) is 6.04 Å². The monoisotopic (exact) mass is 335 g/mol. The number of anilines is 1. The molecule has 6 heteroatoms. The lowest BCUT2D eigenvalue weighted by Gasteiger charge is -2.22. The molecule has 0 bridgehead atoms. The first-order valence-corrected chi connectivity index (χ1v) is 7.85. The highest BCUT2D eigenvalue weighted by atomic mass is 35.5. The van der Waals surface area contributed by atoms with Crippen LogP contribution in [0.2, 0.25) is 5.02 Å². The zero-order valence-corrected chi connectivity index (χ0v) is 14.2. The van der Waals surface area contributed by atoms with Crippen LogP contribution in [0.15, 0.2) is 48.8 Å². The van der Waals surface area contributed by atoms with E-state index in [0.29, 0.717) is 10.1 Å². The summed E-state index contributed by atoms with van der Waals surface area (Å²) in [7, 11) is 4.24. The molecule has 0 saturated heterocycles. The Morgan fingerprint density at radius 2 is 2.00 bits per heavy atom. The van der Waals surface area contributed by atoms with Crippen molar-refractivity contribution >= 4 is 34.6 Å². The molecule has 116 valence electrons. The van der Waals surface area contributed by atoms with Gasteiger partial charge in [-0.2, -0.15) is 0 Å². The minimum absolute atomic E-state index is 0.277. The number of thiocarbonyl (C=S) groups is 1. The van der Waals surface area contributed by atoms with Gasteiger partial charge < -0.3 is 15.5 Å². The van der Waals surface area contributed by atoms with Gasteiger partial charge in [0.1, 0.15) is 6.04 Å². The number of aromatic nitrogens is 1. The van der Waals surface area contributed by atoms with Crippen LogP contribution in [0.25, 0.3) is 0 Å². The Morgan fingerprint density at radius 3 is 2.59 bits per heavy atom. The van der Waals surface area contributed by atoms with Crippen LogP contribution in [-0.2, 0) is 0 Å². The molecule has 2 rings (SSSR count). The molecule has 0 saturated carbocycles. The maximum Gasteiger partial charge on any atom is 0.171 e. The molecule has 2 aromatic rings. The number of rotatable bonds is 5. The molecule has 0 fully saturated rings. The smallest absolute Gasteiger partial charge is 0.171 e. The molecule has 3 N–H and O–H groups in total. The van der Waals surface area contributed by atoms with Gasteiger partial charge >= 0.3 is 0 Å². The van der Waals surface area contributed by atoms with E-state index in [1.54, 1.807) is 6.20 Å². The van der Waals surface area contributed by atoms with Crippen molar-refractivity contribution in [1.29, 1.82) is 0 Å². The standard InChI is InChI=1S/C16H19ClN4S/c1-21(2)15(12-4-3-9-18-10-12)11-19-16(22)20-14-7-5-13(17)6-8-14/h3-10,15H,11H2,1-2H3,(H2,19,20,22)/p+1. The van der Waals surface area contributed by atoms with Crippen LogP contribution in [0.3, 0.4) is 0 Å². The van der Waals surface area contributed by atoms with E-state index in [0.717, 1.165) is 12.2 Å². The van der Waals surface area contributed by atoms with Gasteiger partial charge in [-0.15, -0.1) is 0 Å². The van der Waals surface area contributed by atoms with E-state index in [9.17, 15) is 0 Å². The second-order valence-electron chi connectivity index (χ2n) is 5.26. The van der Waals surface area contributed by atoms with E-state index in [1.807, 2.05) is 36.5 Å². The number of nitrogens with zero attached hydrogens (tertiary/aromatic N) is 1. The maximum absolute atomic E-state index is 5.87. The van der Waals surface area contributed by atoms with E-state index in [1.165, 1.54) is 10.5 Å². The molecule has 0 aliphatic rings. The minimum Gasteiger partial charge on any atom is -0.356 e. The van der Waals surface area contributed by atoms with Crippen LogP contribution in [0, 0.1) is 0 Å². The molecule has 22 heavy (non-hydrogen) atoms. The highest BCUT2D eigenvalue weighted by molar-refractivity contribution is 7.80. The summed E-state index contributed by atoms with van der Waals surface area (Å²) in [4.78, 5) is 5.50. The molecule has 1 heterocycles. The van der Waals surface area contributed by atoms with Gasteiger partial charge in [-0.25, -0.2) is 0 Å². The first-order valence-electron chi connectivity index (χ1n) is 7.06. The quantitative estimate of drug-likeness (QED) is 0.730. The lowest BCUT2D eigenvalue weighted by molar-refractivity contribution is -0.890. The van der Waals surface area contributed by atoms with Gasteiger partial charge in [0.2, 0.25) is 0 Å². The second kappa shape index (κ2) is 8.08. The molecule has 0 aliphatic heterocycles. The molecular weight excluding hydrogens is 316 g/mol. The Morgan fingerprint density at radius 1 is 1.27 bits per heavy atom. The summed E-state index contributed by atoms with van der Waals surface area (Å²) < 4.78 is 0. The van der Waals surface area contributed by atoms with Gasteiger partial charge in [-0.1, -0.05) is 11.6 Å². The van der Waals surface area contributed by atoms with E-state index in [2.05, 4.69) is 35.8 Å². The highest BCUT2D eigenvalue weighted by Gasteiger charge is 2.17. The molecule has 1 unspecified atom stereocenters. The van der Waals surface area contributed by atoms with Crippen molar-refractivity contribution in [3.05, 3.63) is 59.4 Å². The Bertz CT molecular complexity index is 601. The third kappa shape index (κ3) is 4.94. The Hall–Kier alpha value is -1.69. The van der Waals surface area contributed by atoms with Crippen molar-refractivity contribution in [2.75, 3.05) is 26.0 Å². The van der Waals surface area contributed by atoms with Crippen LogP contribution < -0.4 is 15.5 Å². The summed E-state index contributed by atoms with van der Waals surface area (Å²) in [5.74, 6) is 0. The summed E-state index contributed by atoms with van der Waals surface area (Å²) in [5, 5.41) is 7.72. The Labute approximate surface area is 141 Å². The number of quaternary nitrogens is 1.